The highest BCUT2D eigenvalue weighted by Gasteiger charge is 2.33. The van der Waals surface area contributed by atoms with Crippen molar-refractivity contribution in [3.63, 3.8) is 0 Å². The summed E-state index contributed by atoms with van der Waals surface area (Å²) < 4.78 is 40.9. The SMILES string of the molecule is CC1CC(C(=O)O)CN(C(=O)Nc2ccc(F)c(S(=O)(=O)NC3CC3)c2)C1. The summed E-state index contributed by atoms with van der Waals surface area (Å²) in [7, 11) is -4.01. The molecule has 0 aromatic heterocycles. The maximum Gasteiger partial charge on any atom is 0.321 e. The first-order chi connectivity index (χ1) is 12.7. The fourth-order valence-electron chi connectivity index (χ4n) is 3.17. The Balaban J connectivity index is 1.74. The fraction of sp³-hybridized carbons (Fsp3) is 0.529. The Morgan fingerprint density at radius 2 is 1.96 bits per heavy atom. The molecule has 1 aliphatic carbocycles. The number of carbonyl (C=O) groups is 2. The molecule has 27 heavy (non-hydrogen) atoms. The van der Waals surface area contributed by atoms with Gasteiger partial charge in [-0.05, 0) is 43.4 Å². The number of nitrogens with one attached hydrogen (secondary N) is 2. The van der Waals surface area contributed by atoms with Crippen LogP contribution in [0.15, 0.2) is 23.1 Å². The van der Waals surface area contributed by atoms with Gasteiger partial charge < -0.3 is 15.3 Å². The van der Waals surface area contributed by atoms with Gasteiger partial charge in [0.15, 0.2) is 0 Å². The van der Waals surface area contributed by atoms with E-state index in [4.69, 9.17) is 0 Å². The average molecular weight is 399 g/mol. The molecule has 0 radical (unpaired) electrons. The maximum absolute atomic E-state index is 14.0. The van der Waals surface area contributed by atoms with E-state index >= 15 is 0 Å². The number of rotatable bonds is 5. The van der Waals surface area contributed by atoms with Gasteiger partial charge in [-0.15, -0.1) is 0 Å². The van der Waals surface area contributed by atoms with E-state index in [9.17, 15) is 27.5 Å². The summed E-state index contributed by atoms with van der Waals surface area (Å²) in [5.74, 6) is -2.48. The molecule has 148 valence electrons. The number of piperidine rings is 1. The predicted molar refractivity (Wildman–Crippen MR) is 95.2 cm³/mol. The molecule has 10 heteroatoms. The zero-order chi connectivity index (χ0) is 19.8. The molecule has 2 unspecified atom stereocenters. The van der Waals surface area contributed by atoms with Crippen LogP contribution in [0.25, 0.3) is 0 Å². The van der Waals surface area contributed by atoms with Crippen LogP contribution in [0, 0.1) is 17.7 Å². The number of halogens is 1. The van der Waals surface area contributed by atoms with Crippen LogP contribution in [-0.4, -0.2) is 49.6 Å². The standard InChI is InChI=1S/C17H22FN3O5S/c1-10-6-11(16(22)23)9-21(8-10)17(24)19-13-4-5-14(18)15(7-13)27(25,26)20-12-2-3-12/h4-5,7,10-12,20H,2-3,6,8-9H2,1H3,(H,19,24)(H,22,23). The van der Waals surface area contributed by atoms with E-state index < -0.39 is 38.7 Å². The van der Waals surface area contributed by atoms with Crippen molar-refractivity contribution in [1.29, 1.82) is 0 Å². The molecule has 1 heterocycles. The zero-order valence-electron chi connectivity index (χ0n) is 14.8. The van der Waals surface area contributed by atoms with E-state index in [0.717, 1.165) is 25.0 Å². The van der Waals surface area contributed by atoms with Crippen molar-refractivity contribution in [3.8, 4) is 0 Å². The number of urea groups is 1. The molecule has 0 spiro atoms. The number of hydrogen-bond donors (Lipinski definition) is 3. The number of carboxylic acid groups (broad SMARTS) is 1. The molecular formula is C17H22FN3O5S. The van der Waals surface area contributed by atoms with E-state index in [0.29, 0.717) is 13.0 Å². The number of nitrogens with zero attached hydrogens (tertiary/aromatic N) is 1. The Morgan fingerprint density at radius 1 is 1.26 bits per heavy atom. The Bertz CT molecular complexity index is 856. The van der Waals surface area contributed by atoms with Gasteiger partial charge >= 0.3 is 12.0 Å². The summed E-state index contributed by atoms with van der Waals surface area (Å²) in [5.41, 5.74) is 0.127. The number of sulfonamides is 1. The van der Waals surface area contributed by atoms with E-state index in [2.05, 4.69) is 10.0 Å². The van der Waals surface area contributed by atoms with Gasteiger partial charge in [-0.25, -0.2) is 22.3 Å². The number of anilines is 1. The molecule has 3 N–H and O–H groups in total. The summed E-state index contributed by atoms with van der Waals surface area (Å²) in [6, 6.07) is 2.61. The molecule has 2 fully saturated rings. The molecule has 2 aliphatic rings. The number of amides is 2. The van der Waals surface area contributed by atoms with Crippen molar-refractivity contribution >= 4 is 27.7 Å². The number of hydrogen-bond acceptors (Lipinski definition) is 4. The third kappa shape index (κ3) is 4.75. The second kappa shape index (κ2) is 7.43. The van der Waals surface area contributed by atoms with Crippen LogP contribution in [0.1, 0.15) is 26.2 Å². The minimum atomic E-state index is -4.01. The molecule has 1 saturated heterocycles. The molecule has 1 saturated carbocycles. The van der Waals surface area contributed by atoms with Crippen LogP contribution in [0.2, 0.25) is 0 Å². The first-order valence-corrected chi connectivity index (χ1v) is 10.2. The Morgan fingerprint density at radius 3 is 2.59 bits per heavy atom. The Kier molecular flexibility index (Phi) is 5.38. The monoisotopic (exact) mass is 399 g/mol. The molecule has 8 nitrogen and oxygen atoms in total. The highest BCUT2D eigenvalue weighted by molar-refractivity contribution is 7.89. The van der Waals surface area contributed by atoms with E-state index in [1.54, 1.807) is 0 Å². The summed E-state index contributed by atoms with van der Waals surface area (Å²) in [4.78, 5) is 24.6. The largest absolute Gasteiger partial charge is 0.481 e. The fourth-order valence-corrected chi connectivity index (χ4v) is 4.58. The third-order valence-corrected chi connectivity index (χ3v) is 6.20. The van der Waals surface area contributed by atoms with Crippen molar-refractivity contribution < 1.29 is 27.5 Å². The highest BCUT2D eigenvalue weighted by Crippen LogP contribution is 2.26. The smallest absolute Gasteiger partial charge is 0.321 e. The Hall–Kier alpha value is -2.20. The summed E-state index contributed by atoms with van der Waals surface area (Å²) >= 11 is 0. The van der Waals surface area contributed by atoms with Crippen LogP contribution < -0.4 is 10.0 Å². The van der Waals surface area contributed by atoms with Crippen molar-refractivity contribution in [1.82, 2.24) is 9.62 Å². The lowest BCUT2D eigenvalue weighted by Crippen LogP contribution is -2.47. The number of likely N-dealkylation sites (tertiary alicyclic amines) is 1. The molecule has 1 aromatic carbocycles. The van der Waals surface area contributed by atoms with Gasteiger partial charge in [0.1, 0.15) is 10.7 Å². The van der Waals surface area contributed by atoms with Gasteiger partial charge in [-0.1, -0.05) is 6.92 Å². The van der Waals surface area contributed by atoms with Crippen LogP contribution in [0.3, 0.4) is 0 Å². The van der Waals surface area contributed by atoms with Gasteiger partial charge in [-0.3, -0.25) is 4.79 Å². The molecule has 1 aliphatic heterocycles. The molecule has 3 rings (SSSR count). The third-order valence-electron chi connectivity index (χ3n) is 4.67. The highest BCUT2D eigenvalue weighted by atomic mass is 32.2. The zero-order valence-corrected chi connectivity index (χ0v) is 15.6. The predicted octanol–water partition coefficient (Wildman–Crippen LogP) is 1.84. The summed E-state index contributed by atoms with van der Waals surface area (Å²) in [5, 5.41) is 11.7. The van der Waals surface area contributed by atoms with Gasteiger partial charge in [0.25, 0.3) is 0 Å². The molecule has 2 amide bonds. The quantitative estimate of drug-likeness (QED) is 0.699. The molecule has 2 atom stereocenters. The van der Waals surface area contributed by atoms with E-state index in [1.807, 2.05) is 6.92 Å². The second-order valence-corrected chi connectivity index (χ2v) is 8.93. The van der Waals surface area contributed by atoms with Gasteiger partial charge in [0.05, 0.1) is 5.92 Å². The number of benzene rings is 1. The van der Waals surface area contributed by atoms with Crippen molar-refractivity contribution in [2.24, 2.45) is 11.8 Å². The maximum atomic E-state index is 14.0. The van der Waals surface area contributed by atoms with Crippen molar-refractivity contribution in [2.45, 2.75) is 37.1 Å². The minimum Gasteiger partial charge on any atom is -0.481 e. The first kappa shape index (κ1) is 19.6. The first-order valence-electron chi connectivity index (χ1n) is 8.76. The normalized spacial score (nSPS) is 23.1. The topological polar surface area (TPSA) is 116 Å². The van der Waals surface area contributed by atoms with Gasteiger partial charge in [0.2, 0.25) is 10.0 Å². The Labute approximate surface area is 156 Å². The van der Waals surface area contributed by atoms with Crippen molar-refractivity contribution in [3.05, 3.63) is 24.0 Å². The summed E-state index contributed by atoms with van der Waals surface area (Å²) in [6.07, 6.45) is 1.93. The van der Waals surface area contributed by atoms with Crippen LogP contribution in [0.5, 0.6) is 0 Å². The van der Waals surface area contributed by atoms with E-state index in [1.165, 1.54) is 11.0 Å². The van der Waals surface area contributed by atoms with Crippen LogP contribution >= 0.6 is 0 Å². The van der Waals surface area contributed by atoms with Crippen LogP contribution in [-0.2, 0) is 14.8 Å². The average Bonchev–Trinajstić information content (AvgIpc) is 3.39. The second-order valence-electron chi connectivity index (χ2n) is 7.25. The minimum absolute atomic E-state index is 0.0255. The molecular weight excluding hydrogens is 377 g/mol. The lowest BCUT2D eigenvalue weighted by Gasteiger charge is -2.34. The molecule has 1 aromatic rings. The number of aliphatic carboxylic acids is 1. The number of carboxylic acids is 1. The van der Waals surface area contributed by atoms with E-state index in [-0.39, 0.29) is 24.2 Å². The van der Waals surface area contributed by atoms with Crippen molar-refractivity contribution in [2.75, 3.05) is 18.4 Å². The van der Waals surface area contributed by atoms with Gasteiger partial charge in [0, 0.05) is 24.8 Å². The lowest BCUT2D eigenvalue weighted by atomic mass is 9.91. The molecule has 0 bridgehead atoms. The number of carbonyl (C=O) groups excluding carboxylic acids is 1. The van der Waals surface area contributed by atoms with Gasteiger partial charge in [-0.2, -0.15) is 0 Å². The summed E-state index contributed by atoms with van der Waals surface area (Å²) in [6.45, 7) is 2.33. The lowest BCUT2D eigenvalue weighted by molar-refractivity contribution is -0.143. The van der Waals surface area contributed by atoms with Crippen LogP contribution in [0.4, 0.5) is 14.9 Å².